The molecule has 2 rings (SSSR count). The van der Waals surface area contributed by atoms with Crippen molar-refractivity contribution in [1.29, 1.82) is 0 Å². The van der Waals surface area contributed by atoms with Crippen molar-refractivity contribution in [2.45, 2.75) is 44.8 Å². The van der Waals surface area contributed by atoms with E-state index in [0.717, 1.165) is 5.56 Å². The lowest BCUT2D eigenvalue weighted by atomic mass is 10.2. The lowest BCUT2D eigenvalue weighted by Gasteiger charge is -2.21. The summed E-state index contributed by atoms with van der Waals surface area (Å²) >= 11 is 0. The molecule has 0 aliphatic heterocycles. The van der Waals surface area contributed by atoms with Gasteiger partial charge in [-0.3, -0.25) is 0 Å². The second kappa shape index (κ2) is 10.4. The van der Waals surface area contributed by atoms with Crippen LogP contribution in [0.5, 0.6) is 0 Å². The fourth-order valence-corrected chi connectivity index (χ4v) is 3.91. The quantitative estimate of drug-likeness (QED) is 0.508. The van der Waals surface area contributed by atoms with Gasteiger partial charge in [-0.25, -0.2) is 17.8 Å². The number of hydrogen-bond acceptors (Lipinski definition) is 3. The first-order valence-electron chi connectivity index (χ1n) is 9.58. The Morgan fingerprint density at radius 1 is 1.10 bits per heavy atom. The molecular formula is C21H29FN4O2S. The SMILES string of the molecule is CCNC(=NCc1ccc(S(=O)(=O)N(C)C(C)C)cc1)NCc1ccccc1F. The molecule has 0 fully saturated rings. The Labute approximate surface area is 172 Å². The second-order valence-corrected chi connectivity index (χ2v) is 8.90. The summed E-state index contributed by atoms with van der Waals surface area (Å²) in [6.07, 6.45) is 0. The molecule has 0 aliphatic carbocycles. The third-order valence-corrected chi connectivity index (χ3v) is 6.54. The number of guanidine groups is 1. The monoisotopic (exact) mass is 420 g/mol. The Balaban J connectivity index is 2.06. The predicted octanol–water partition coefficient (Wildman–Crippen LogP) is 3.11. The zero-order chi connectivity index (χ0) is 21.4. The van der Waals surface area contributed by atoms with Crippen molar-refractivity contribution in [3.05, 3.63) is 65.5 Å². The van der Waals surface area contributed by atoms with E-state index >= 15 is 0 Å². The molecule has 0 amide bonds. The molecule has 0 bridgehead atoms. The van der Waals surface area contributed by atoms with Crippen molar-refractivity contribution < 1.29 is 12.8 Å². The highest BCUT2D eigenvalue weighted by molar-refractivity contribution is 7.89. The maximum atomic E-state index is 13.8. The van der Waals surface area contributed by atoms with Crippen LogP contribution >= 0.6 is 0 Å². The first-order chi connectivity index (χ1) is 13.8. The van der Waals surface area contributed by atoms with Crippen LogP contribution in [0.1, 0.15) is 31.9 Å². The van der Waals surface area contributed by atoms with Crippen LogP contribution in [-0.2, 0) is 23.1 Å². The maximum absolute atomic E-state index is 13.8. The van der Waals surface area contributed by atoms with E-state index in [1.165, 1.54) is 10.4 Å². The Kier molecular flexibility index (Phi) is 8.16. The van der Waals surface area contributed by atoms with E-state index in [4.69, 9.17) is 0 Å². The summed E-state index contributed by atoms with van der Waals surface area (Å²) in [4.78, 5) is 4.75. The van der Waals surface area contributed by atoms with Crippen LogP contribution < -0.4 is 10.6 Å². The van der Waals surface area contributed by atoms with Crippen LogP contribution in [0.3, 0.4) is 0 Å². The average molecular weight is 421 g/mol. The fourth-order valence-electron chi connectivity index (χ4n) is 2.54. The molecule has 0 atom stereocenters. The van der Waals surface area contributed by atoms with E-state index in [9.17, 15) is 12.8 Å². The van der Waals surface area contributed by atoms with Crippen molar-refractivity contribution in [2.75, 3.05) is 13.6 Å². The molecule has 2 aromatic rings. The van der Waals surface area contributed by atoms with Gasteiger partial charge in [0.25, 0.3) is 0 Å². The van der Waals surface area contributed by atoms with Gasteiger partial charge in [0.15, 0.2) is 5.96 Å². The van der Waals surface area contributed by atoms with E-state index in [1.54, 1.807) is 49.5 Å². The molecule has 0 heterocycles. The zero-order valence-electron chi connectivity index (χ0n) is 17.3. The van der Waals surface area contributed by atoms with Gasteiger partial charge in [0.05, 0.1) is 11.4 Å². The minimum atomic E-state index is -3.50. The van der Waals surface area contributed by atoms with Gasteiger partial charge in [-0.05, 0) is 44.5 Å². The highest BCUT2D eigenvalue weighted by atomic mass is 32.2. The lowest BCUT2D eigenvalue weighted by molar-refractivity contribution is 0.410. The first kappa shape index (κ1) is 22.8. The normalized spacial score (nSPS) is 12.4. The largest absolute Gasteiger partial charge is 0.357 e. The first-order valence-corrected chi connectivity index (χ1v) is 11.0. The summed E-state index contributed by atoms with van der Waals surface area (Å²) in [5.41, 5.74) is 1.43. The maximum Gasteiger partial charge on any atom is 0.243 e. The minimum Gasteiger partial charge on any atom is -0.357 e. The summed E-state index contributed by atoms with van der Waals surface area (Å²) in [5, 5.41) is 6.23. The number of nitrogens with zero attached hydrogens (tertiary/aromatic N) is 2. The van der Waals surface area contributed by atoms with Crippen LogP contribution in [-0.4, -0.2) is 38.3 Å². The topological polar surface area (TPSA) is 73.8 Å². The number of aliphatic imine (C=N–C) groups is 1. The van der Waals surface area contributed by atoms with Crippen LogP contribution in [0, 0.1) is 5.82 Å². The average Bonchev–Trinajstić information content (AvgIpc) is 2.70. The van der Waals surface area contributed by atoms with Gasteiger partial charge in [-0.15, -0.1) is 0 Å². The molecule has 6 nitrogen and oxygen atoms in total. The molecule has 0 saturated carbocycles. The smallest absolute Gasteiger partial charge is 0.243 e. The van der Waals surface area contributed by atoms with Gasteiger partial charge >= 0.3 is 0 Å². The molecular weight excluding hydrogens is 391 g/mol. The van der Waals surface area contributed by atoms with Gasteiger partial charge in [-0.1, -0.05) is 30.3 Å². The molecule has 158 valence electrons. The summed E-state index contributed by atoms with van der Waals surface area (Å²) in [6.45, 7) is 6.96. The number of nitrogens with one attached hydrogen (secondary N) is 2. The van der Waals surface area contributed by atoms with Gasteiger partial charge in [0.2, 0.25) is 10.0 Å². The Hall–Kier alpha value is -2.45. The summed E-state index contributed by atoms with van der Waals surface area (Å²) in [6, 6.07) is 13.2. The van der Waals surface area contributed by atoms with E-state index in [1.807, 2.05) is 20.8 Å². The Bertz CT molecular complexity index is 928. The van der Waals surface area contributed by atoms with E-state index in [0.29, 0.717) is 31.2 Å². The Morgan fingerprint density at radius 3 is 2.34 bits per heavy atom. The fraction of sp³-hybridized carbons (Fsp3) is 0.381. The van der Waals surface area contributed by atoms with Crippen molar-refractivity contribution in [2.24, 2.45) is 4.99 Å². The van der Waals surface area contributed by atoms with E-state index in [2.05, 4.69) is 15.6 Å². The zero-order valence-corrected chi connectivity index (χ0v) is 18.1. The minimum absolute atomic E-state index is 0.118. The molecule has 2 aromatic carbocycles. The molecule has 8 heteroatoms. The predicted molar refractivity (Wildman–Crippen MR) is 115 cm³/mol. The van der Waals surface area contributed by atoms with Crippen molar-refractivity contribution >= 4 is 16.0 Å². The summed E-state index contributed by atoms with van der Waals surface area (Å²) < 4.78 is 40.2. The second-order valence-electron chi connectivity index (χ2n) is 6.90. The third kappa shape index (κ3) is 6.27. The molecule has 0 aromatic heterocycles. The molecule has 29 heavy (non-hydrogen) atoms. The van der Waals surface area contributed by atoms with Crippen LogP contribution in [0.2, 0.25) is 0 Å². The molecule has 0 aliphatic rings. The summed E-state index contributed by atoms with van der Waals surface area (Å²) in [7, 11) is -1.93. The third-order valence-electron chi connectivity index (χ3n) is 4.50. The van der Waals surface area contributed by atoms with Crippen LogP contribution in [0.4, 0.5) is 4.39 Å². The standard InChI is InChI=1S/C21H29FN4O2S/c1-5-23-21(25-15-18-8-6-7-9-20(18)22)24-14-17-10-12-19(13-11-17)29(27,28)26(4)16(2)3/h6-13,16H,5,14-15H2,1-4H3,(H2,23,24,25). The number of hydrogen-bond donors (Lipinski definition) is 2. The molecule has 2 N–H and O–H groups in total. The van der Waals surface area contributed by atoms with Gasteiger partial charge in [0.1, 0.15) is 5.82 Å². The Morgan fingerprint density at radius 2 is 1.76 bits per heavy atom. The van der Waals surface area contributed by atoms with Gasteiger partial charge in [-0.2, -0.15) is 4.31 Å². The molecule has 0 saturated heterocycles. The number of benzene rings is 2. The van der Waals surface area contributed by atoms with Crippen LogP contribution in [0.25, 0.3) is 0 Å². The molecule has 0 unspecified atom stereocenters. The molecule has 0 spiro atoms. The van der Waals surface area contributed by atoms with Crippen LogP contribution in [0.15, 0.2) is 58.4 Å². The highest BCUT2D eigenvalue weighted by Crippen LogP contribution is 2.17. The number of halogens is 1. The van der Waals surface area contributed by atoms with Crippen molar-refractivity contribution in [3.8, 4) is 0 Å². The van der Waals surface area contributed by atoms with Crippen molar-refractivity contribution in [3.63, 3.8) is 0 Å². The number of rotatable bonds is 8. The molecule has 0 radical (unpaired) electrons. The van der Waals surface area contributed by atoms with Crippen molar-refractivity contribution in [1.82, 2.24) is 14.9 Å². The number of sulfonamides is 1. The van der Waals surface area contributed by atoms with E-state index < -0.39 is 10.0 Å². The highest BCUT2D eigenvalue weighted by Gasteiger charge is 2.22. The lowest BCUT2D eigenvalue weighted by Crippen LogP contribution is -2.37. The van der Waals surface area contributed by atoms with Gasteiger partial charge < -0.3 is 10.6 Å². The van der Waals surface area contributed by atoms with E-state index in [-0.39, 0.29) is 16.8 Å². The van der Waals surface area contributed by atoms with Gasteiger partial charge in [0, 0.05) is 31.7 Å². The summed E-state index contributed by atoms with van der Waals surface area (Å²) in [5.74, 6) is 0.297.